The average molecular weight is 242 g/mol. The van der Waals surface area contributed by atoms with Crippen molar-refractivity contribution in [2.45, 2.75) is 6.23 Å². The molecule has 0 aliphatic heterocycles. The number of ether oxygens (including phenoxy) is 2. The minimum absolute atomic E-state index is 0.354. The number of hydrogen-bond acceptors (Lipinski definition) is 4. The maximum absolute atomic E-state index is 11.1. The Balaban J connectivity index is 2.79. The molecule has 0 saturated carbocycles. The summed E-state index contributed by atoms with van der Waals surface area (Å²) in [5, 5.41) is 3.70. The predicted octanol–water partition coefficient (Wildman–Crippen LogP) is 2.53. The molecule has 0 N–H and O–H groups in total. The van der Waals surface area contributed by atoms with Gasteiger partial charge in [-0.3, -0.25) is 0 Å². The Morgan fingerprint density at radius 2 is 2.12 bits per heavy atom. The van der Waals surface area contributed by atoms with Crippen LogP contribution in [-0.4, -0.2) is 19.3 Å². The van der Waals surface area contributed by atoms with Crippen LogP contribution in [0.3, 0.4) is 0 Å². The lowest BCUT2D eigenvalue weighted by Crippen LogP contribution is -2.25. The van der Waals surface area contributed by atoms with Crippen LogP contribution >= 0.6 is 11.6 Å². The summed E-state index contributed by atoms with van der Waals surface area (Å²) in [6, 6.07) is 6.26. The number of halogens is 1. The van der Waals surface area contributed by atoms with E-state index in [1.54, 1.807) is 24.3 Å². The third-order valence-corrected chi connectivity index (χ3v) is 1.87. The largest absolute Gasteiger partial charge is 0.472 e. The number of rotatable bonds is 4. The van der Waals surface area contributed by atoms with Crippen LogP contribution < -0.4 is 4.74 Å². The Morgan fingerprint density at radius 1 is 1.50 bits per heavy atom. The van der Waals surface area contributed by atoms with Crippen LogP contribution in [0.15, 0.2) is 29.4 Å². The minimum Gasteiger partial charge on any atom is -0.472 e. The molecular formula is C9H8ClN3O3. The van der Waals surface area contributed by atoms with E-state index >= 15 is 0 Å². The molecule has 0 amide bonds. The third-order valence-electron chi connectivity index (χ3n) is 1.62. The van der Waals surface area contributed by atoms with Gasteiger partial charge in [0.2, 0.25) is 0 Å². The summed E-state index contributed by atoms with van der Waals surface area (Å²) in [6.07, 6.45) is -1.34. The van der Waals surface area contributed by atoms with E-state index in [1.165, 1.54) is 7.11 Å². The zero-order chi connectivity index (χ0) is 12.0. The van der Waals surface area contributed by atoms with Crippen molar-refractivity contribution < 1.29 is 14.3 Å². The molecule has 0 spiro atoms. The maximum atomic E-state index is 11.1. The van der Waals surface area contributed by atoms with Gasteiger partial charge in [0.05, 0.1) is 7.11 Å². The van der Waals surface area contributed by atoms with Crippen LogP contribution in [0.25, 0.3) is 10.4 Å². The molecule has 1 atom stereocenters. The standard InChI is InChI=1S/C9H8ClN3O3/c1-15-9(14)8(12-13-11)16-7-4-2-6(10)3-5-7/h2-5,8H,1H3. The second-order valence-electron chi connectivity index (χ2n) is 2.65. The molecule has 0 aliphatic rings. The lowest BCUT2D eigenvalue weighted by atomic mass is 10.3. The van der Waals surface area contributed by atoms with E-state index in [-0.39, 0.29) is 0 Å². The first-order chi connectivity index (χ1) is 7.67. The SMILES string of the molecule is COC(=O)C(N=[N+]=[N-])Oc1ccc(Cl)cc1. The number of methoxy groups -OCH3 is 1. The van der Waals surface area contributed by atoms with Crippen molar-refractivity contribution in [3.8, 4) is 5.75 Å². The number of nitrogens with zero attached hydrogens (tertiary/aromatic N) is 3. The number of carbonyl (C=O) groups is 1. The molecule has 1 unspecified atom stereocenters. The number of hydrogen-bond donors (Lipinski definition) is 0. The van der Waals surface area contributed by atoms with E-state index in [1.807, 2.05) is 0 Å². The van der Waals surface area contributed by atoms with Gasteiger partial charge < -0.3 is 9.47 Å². The molecule has 0 heterocycles. The van der Waals surface area contributed by atoms with Gasteiger partial charge in [0.1, 0.15) is 5.75 Å². The lowest BCUT2D eigenvalue weighted by molar-refractivity contribution is -0.148. The Bertz CT molecular complexity index is 415. The van der Waals surface area contributed by atoms with Crippen molar-refractivity contribution in [1.82, 2.24) is 0 Å². The van der Waals surface area contributed by atoms with Crippen LogP contribution in [0.4, 0.5) is 0 Å². The number of carbonyl (C=O) groups excluding carboxylic acids is 1. The van der Waals surface area contributed by atoms with Gasteiger partial charge in [-0.2, -0.15) is 0 Å². The lowest BCUT2D eigenvalue weighted by Gasteiger charge is -2.11. The van der Waals surface area contributed by atoms with Crippen molar-refractivity contribution in [3.63, 3.8) is 0 Å². The summed E-state index contributed by atoms with van der Waals surface area (Å²) < 4.78 is 9.51. The van der Waals surface area contributed by atoms with Gasteiger partial charge >= 0.3 is 5.97 Å². The second-order valence-corrected chi connectivity index (χ2v) is 3.09. The zero-order valence-corrected chi connectivity index (χ0v) is 9.09. The Morgan fingerprint density at radius 3 is 2.62 bits per heavy atom. The normalized spacial score (nSPS) is 11.1. The Hall–Kier alpha value is -1.91. The van der Waals surface area contributed by atoms with Gasteiger partial charge in [-0.1, -0.05) is 11.6 Å². The quantitative estimate of drug-likeness (QED) is 0.351. The average Bonchev–Trinajstić information content (AvgIpc) is 2.30. The predicted molar refractivity (Wildman–Crippen MR) is 57.0 cm³/mol. The van der Waals surface area contributed by atoms with Crippen molar-refractivity contribution >= 4 is 17.6 Å². The molecule has 6 nitrogen and oxygen atoms in total. The van der Waals surface area contributed by atoms with Crippen LogP contribution in [0.5, 0.6) is 5.75 Å². The number of azide groups is 1. The fraction of sp³-hybridized carbons (Fsp3) is 0.222. The highest BCUT2D eigenvalue weighted by atomic mass is 35.5. The monoisotopic (exact) mass is 241 g/mol. The molecular weight excluding hydrogens is 234 g/mol. The summed E-state index contributed by atoms with van der Waals surface area (Å²) in [7, 11) is 1.17. The van der Waals surface area contributed by atoms with Gasteiger partial charge in [0, 0.05) is 9.93 Å². The molecule has 0 aliphatic carbocycles. The molecule has 7 heteroatoms. The molecule has 0 bridgehead atoms. The fourth-order valence-corrected chi connectivity index (χ4v) is 1.03. The highest BCUT2D eigenvalue weighted by Gasteiger charge is 2.19. The summed E-state index contributed by atoms with van der Waals surface area (Å²) >= 11 is 5.67. The minimum atomic E-state index is -1.34. The van der Waals surface area contributed by atoms with E-state index in [2.05, 4.69) is 14.8 Å². The smallest absolute Gasteiger partial charge is 0.353 e. The Labute approximate surface area is 96.4 Å². The van der Waals surface area contributed by atoms with Gasteiger partial charge in [-0.05, 0) is 34.9 Å². The van der Waals surface area contributed by atoms with E-state index < -0.39 is 12.2 Å². The van der Waals surface area contributed by atoms with Crippen molar-refractivity contribution in [1.29, 1.82) is 0 Å². The second kappa shape index (κ2) is 5.85. The van der Waals surface area contributed by atoms with Gasteiger partial charge in [0.25, 0.3) is 6.23 Å². The molecule has 0 aromatic heterocycles. The summed E-state index contributed by atoms with van der Waals surface area (Å²) in [5.41, 5.74) is 8.25. The van der Waals surface area contributed by atoms with Gasteiger partial charge in [-0.15, -0.1) is 0 Å². The number of esters is 1. The molecule has 0 saturated heterocycles. The Kier molecular flexibility index (Phi) is 4.44. The van der Waals surface area contributed by atoms with Crippen LogP contribution in [0, 0.1) is 0 Å². The van der Waals surface area contributed by atoms with Crippen LogP contribution in [0.2, 0.25) is 5.02 Å². The summed E-state index contributed by atoms with van der Waals surface area (Å²) in [6.45, 7) is 0. The molecule has 1 rings (SSSR count). The van der Waals surface area contributed by atoms with Crippen molar-refractivity contribution in [2.75, 3.05) is 7.11 Å². The third kappa shape index (κ3) is 3.34. The topological polar surface area (TPSA) is 84.3 Å². The first-order valence-corrected chi connectivity index (χ1v) is 4.59. The van der Waals surface area contributed by atoms with Crippen molar-refractivity contribution in [3.05, 3.63) is 39.7 Å². The highest BCUT2D eigenvalue weighted by molar-refractivity contribution is 6.30. The molecule has 1 aromatic carbocycles. The summed E-state index contributed by atoms with van der Waals surface area (Å²) in [4.78, 5) is 13.6. The summed E-state index contributed by atoms with van der Waals surface area (Å²) in [5.74, 6) is -0.417. The first kappa shape index (κ1) is 12.2. The molecule has 84 valence electrons. The first-order valence-electron chi connectivity index (χ1n) is 4.21. The van der Waals surface area contributed by atoms with Gasteiger partial charge in [-0.25, -0.2) is 4.79 Å². The van der Waals surface area contributed by atoms with E-state index in [0.29, 0.717) is 10.8 Å². The molecule has 16 heavy (non-hydrogen) atoms. The zero-order valence-electron chi connectivity index (χ0n) is 8.33. The van der Waals surface area contributed by atoms with Gasteiger partial charge in [0.15, 0.2) is 0 Å². The molecule has 0 radical (unpaired) electrons. The van der Waals surface area contributed by atoms with E-state index in [9.17, 15) is 4.79 Å². The molecule has 0 fully saturated rings. The van der Waals surface area contributed by atoms with Crippen molar-refractivity contribution in [2.24, 2.45) is 5.11 Å². The molecule has 1 aromatic rings. The van der Waals surface area contributed by atoms with E-state index in [4.69, 9.17) is 21.9 Å². The fourth-order valence-electron chi connectivity index (χ4n) is 0.909. The van der Waals surface area contributed by atoms with Crippen LogP contribution in [-0.2, 0) is 9.53 Å². The highest BCUT2D eigenvalue weighted by Crippen LogP contribution is 2.17. The maximum Gasteiger partial charge on any atom is 0.353 e. The van der Waals surface area contributed by atoms with Crippen LogP contribution in [0.1, 0.15) is 0 Å². The van der Waals surface area contributed by atoms with E-state index in [0.717, 1.165) is 0 Å². The number of benzene rings is 1.